The fourth-order valence-electron chi connectivity index (χ4n) is 3.60. The molecule has 3 heterocycles. The topological polar surface area (TPSA) is 106 Å². The Morgan fingerprint density at radius 1 is 1.21 bits per heavy atom. The third kappa shape index (κ3) is 4.09. The Morgan fingerprint density at radius 2 is 1.97 bits per heavy atom. The summed E-state index contributed by atoms with van der Waals surface area (Å²) >= 11 is 1.41. The van der Waals surface area contributed by atoms with Gasteiger partial charge in [-0.2, -0.15) is 26.9 Å². The van der Waals surface area contributed by atoms with Gasteiger partial charge in [-0.1, -0.05) is 6.07 Å². The van der Waals surface area contributed by atoms with Crippen molar-refractivity contribution >= 4 is 33.1 Å². The van der Waals surface area contributed by atoms with Crippen molar-refractivity contribution in [2.75, 3.05) is 0 Å². The Labute approximate surface area is 191 Å². The van der Waals surface area contributed by atoms with Gasteiger partial charge in [-0.25, -0.2) is 9.97 Å². The van der Waals surface area contributed by atoms with E-state index in [0.29, 0.717) is 29.7 Å². The minimum absolute atomic E-state index is 0.212. The lowest BCUT2D eigenvalue weighted by molar-refractivity contribution is -0.0501. The zero-order chi connectivity index (χ0) is 24.0. The van der Waals surface area contributed by atoms with E-state index in [2.05, 4.69) is 19.1 Å². The number of halogens is 3. The van der Waals surface area contributed by atoms with Gasteiger partial charge in [-0.15, -0.1) is 11.3 Å². The van der Waals surface area contributed by atoms with Crippen molar-refractivity contribution < 1.29 is 25.8 Å². The summed E-state index contributed by atoms with van der Waals surface area (Å²) in [6.07, 6.45) is 4.13. The van der Waals surface area contributed by atoms with Crippen molar-refractivity contribution in [3.8, 4) is 23.2 Å². The van der Waals surface area contributed by atoms with Crippen LogP contribution in [0.1, 0.15) is 39.4 Å². The Hall–Kier alpha value is -3.30. The summed E-state index contributed by atoms with van der Waals surface area (Å²) in [4.78, 5) is 13.5. The van der Waals surface area contributed by atoms with E-state index in [9.17, 15) is 26.9 Å². The maximum absolute atomic E-state index is 13.0. The highest BCUT2D eigenvalue weighted by Gasteiger charge is 2.49. The largest absolute Gasteiger partial charge is 0.534 e. The van der Waals surface area contributed by atoms with Crippen molar-refractivity contribution in [1.82, 2.24) is 15.0 Å². The number of aromatic nitrogens is 3. The highest BCUT2D eigenvalue weighted by atomic mass is 32.2. The summed E-state index contributed by atoms with van der Waals surface area (Å²) in [5.74, 6) is -0.938. The van der Waals surface area contributed by atoms with Crippen molar-refractivity contribution in [3.63, 3.8) is 0 Å². The number of hydrogen-bond acceptors (Lipinski definition) is 8. The van der Waals surface area contributed by atoms with E-state index in [1.165, 1.54) is 17.5 Å². The van der Waals surface area contributed by atoms with Gasteiger partial charge in [-0.05, 0) is 55.5 Å². The van der Waals surface area contributed by atoms with Crippen LogP contribution in [0.4, 0.5) is 13.2 Å². The summed E-state index contributed by atoms with van der Waals surface area (Å²) < 4.78 is 66.9. The Balaban J connectivity index is 2.01. The number of rotatable bonds is 4. The number of hydrogen-bond donors (Lipinski definition) is 0. The molecule has 0 atom stereocenters. The molecule has 33 heavy (non-hydrogen) atoms. The number of aryl methyl sites for hydroxylation is 2. The van der Waals surface area contributed by atoms with Gasteiger partial charge < -0.3 is 4.18 Å². The minimum atomic E-state index is -6.05. The zero-order valence-corrected chi connectivity index (χ0v) is 18.9. The molecule has 0 unspecified atom stereocenters. The van der Waals surface area contributed by atoms with Gasteiger partial charge in [0.05, 0.1) is 27.5 Å². The molecular formula is C21H15F3N4O3S2. The quantitative estimate of drug-likeness (QED) is 0.380. The molecule has 0 radical (unpaired) electrons. The molecule has 0 aromatic carbocycles. The second-order valence-corrected chi connectivity index (χ2v) is 9.62. The van der Waals surface area contributed by atoms with Gasteiger partial charge >= 0.3 is 15.6 Å². The molecule has 3 aromatic rings. The molecule has 3 aromatic heterocycles. The summed E-state index contributed by atoms with van der Waals surface area (Å²) in [6, 6.07) is 5.18. The summed E-state index contributed by atoms with van der Waals surface area (Å²) in [6.45, 7) is 3.57. The molecule has 0 amide bonds. The van der Waals surface area contributed by atoms with Gasteiger partial charge in [0.15, 0.2) is 0 Å². The predicted octanol–water partition coefficient (Wildman–Crippen LogP) is 4.80. The van der Waals surface area contributed by atoms with Gasteiger partial charge in [0.2, 0.25) is 0 Å². The van der Waals surface area contributed by atoms with Crippen molar-refractivity contribution in [2.24, 2.45) is 0 Å². The first kappa shape index (κ1) is 22.9. The van der Waals surface area contributed by atoms with Gasteiger partial charge in [0.25, 0.3) is 5.88 Å². The average Bonchev–Trinajstić information content (AvgIpc) is 3.17. The standard InChI is InChI=1S/C21H15F3N4O3S2/c1-11-4-3-7-26-18(11)17-14-6-5-13(19-12(2)27-10-32-19)8-16(14)28-20(15(17)9-25)31-33(29,30)21(22,23)24/h3-4,7-8,10H,5-6H2,1-2H3. The maximum Gasteiger partial charge on any atom is 0.534 e. The van der Waals surface area contributed by atoms with Crippen molar-refractivity contribution in [1.29, 1.82) is 5.26 Å². The second kappa shape index (κ2) is 8.24. The summed E-state index contributed by atoms with van der Waals surface area (Å²) in [5.41, 5.74) is -0.773. The molecule has 1 aliphatic rings. The van der Waals surface area contributed by atoms with Crippen LogP contribution >= 0.6 is 11.3 Å². The first-order valence-electron chi connectivity index (χ1n) is 9.54. The van der Waals surface area contributed by atoms with Crippen molar-refractivity contribution in [3.05, 3.63) is 56.8 Å². The fraction of sp³-hybridized carbons (Fsp3) is 0.238. The lowest BCUT2D eigenvalue weighted by Crippen LogP contribution is -2.29. The third-order valence-corrected chi connectivity index (χ3v) is 7.07. The Morgan fingerprint density at radius 3 is 2.58 bits per heavy atom. The number of nitriles is 1. The number of fused-ring (bicyclic) bond motifs is 1. The third-order valence-electron chi connectivity index (χ3n) is 5.12. The van der Waals surface area contributed by atoms with Crippen molar-refractivity contribution in [2.45, 2.75) is 32.2 Å². The molecule has 0 N–H and O–H groups in total. The highest BCUT2D eigenvalue weighted by molar-refractivity contribution is 7.88. The van der Waals surface area contributed by atoms with E-state index < -0.39 is 27.1 Å². The maximum atomic E-state index is 13.0. The highest BCUT2D eigenvalue weighted by Crippen LogP contribution is 2.42. The van der Waals surface area contributed by atoms with Crippen LogP contribution in [-0.4, -0.2) is 28.9 Å². The van der Waals surface area contributed by atoms with Crippen LogP contribution in [0, 0.1) is 25.2 Å². The predicted molar refractivity (Wildman–Crippen MR) is 116 cm³/mol. The molecule has 0 saturated heterocycles. The molecular weight excluding hydrogens is 477 g/mol. The van der Waals surface area contributed by atoms with Gasteiger partial charge in [0.1, 0.15) is 11.6 Å². The first-order chi connectivity index (χ1) is 15.5. The summed E-state index contributed by atoms with van der Waals surface area (Å²) in [7, 11) is -6.05. The van der Waals surface area contributed by atoms with Gasteiger partial charge in [0, 0.05) is 11.8 Å². The first-order valence-corrected chi connectivity index (χ1v) is 11.8. The molecule has 0 fully saturated rings. The van der Waals surface area contributed by atoms with Crippen LogP contribution in [0.3, 0.4) is 0 Å². The number of thiazole rings is 1. The minimum Gasteiger partial charge on any atom is -0.354 e. The van der Waals surface area contributed by atoms with E-state index in [0.717, 1.165) is 16.1 Å². The average molecular weight is 493 g/mol. The lowest BCUT2D eigenvalue weighted by atomic mass is 9.87. The number of allylic oxidation sites excluding steroid dienone is 1. The molecule has 0 spiro atoms. The molecule has 0 saturated carbocycles. The monoisotopic (exact) mass is 492 g/mol. The lowest BCUT2D eigenvalue weighted by Gasteiger charge is -2.22. The molecule has 170 valence electrons. The van der Waals surface area contributed by atoms with E-state index in [1.807, 2.05) is 6.92 Å². The van der Waals surface area contributed by atoms with Crippen LogP contribution in [-0.2, 0) is 16.5 Å². The second-order valence-electron chi connectivity index (χ2n) is 7.23. The van der Waals surface area contributed by atoms with E-state index >= 15 is 0 Å². The van der Waals surface area contributed by atoms with Crippen LogP contribution in [0.25, 0.3) is 22.9 Å². The molecule has 12 heteroatoms. The van der Waals surface area contributed by atoms with Crippen LogP contribution < -0.4 is 4.18 Å². The Bertz CT molecular complexity index is 1440. The SMILES string of the molecule is Cc1cccnc1-c1c(C#N)c(OS(=O)(=O)C(F)(F)F)nc2c1CCC(c1scnc1C)=C2. The smallest absolute Gasteiger partial charge is 0.354 e. The van der Waals surface area contributed by atoms with Gasteiger partial charge in [-0.3, -0.25) is 4.98 Å². The number of nitrogens with zero attached hydrogens (tertiary/aromatic N) is 4. The van der Waals surface area contributed by atoms with E-state index in [-0.39, 0.29) is 11.3 Å². The molecule has 0 bridgehead atoms. The molecule has 1 aliphatic carbocycles. The molecule has 7 nitrogen and oxygen atoms in total. The fourth-order valence-corrected chi connectivity index (χ4v) is 4.88. The van der Waals surface area contributed by atoms with E-state index in [4.69, 9.17) is 0 Å². The number of alkyl halides is 3. The molecule has 0 aliphatic heterocycles. The Kier molecular flexibility index (Phi) is 5.71. The van der Waals surface area contributed by atoms with Crippen LogP contribution in [0.2, 0.25) is 0 Å². The van der Waals surface area contributed by atoms with Crippen LogP contribution in [0.5, 0.6) is 5.88 Å². The number of pyridine rings is 2. The summed E-state index contributed by atoms with van der Waals surface area (Å²) in [5, 5.41) is 9.80. The van der Waals surface area contributed by atoms with E-state index in [1.54, 1.807) is 36.7 Å². The zero-order valence-electron chi connectivity index (χ0n) is 17.3. The van der Waals surface area contributed by atoms with Crippen LogP contribution in [0.15, 0.2) is 23.8 Å². The molecule has 4 rings (SSSR count). The normalized spacial score (nSPS) is 13.8.